The molecule has 3 aromatic heterocycles. The number of H-pyrrole nitrogens is 2. The van der Waals surface area contributed by atoms with Crippen LogP contribution in [0.5, 0.6) is 17.2 Å². The Labute approximate surface area is 203 Å². The molecule has 0 saturated heterocycles. The number of phenols is 1. The Balaban J connectivity index is 1.33. The van der Waals surface area contributed by atoms with Gasteiger partial charge < -0.3 is 25.1 Å². The summed E-state index contributed by atoms with van der Waals surface area (Å²) in [6.45, 7) is 0. The molecule has 0 radical (unpaired) electrons. The number of aromatic nitrogens is 5. The summed E-state index contributed by atoms with van der Waals surface area (Å²) in [6, 6.07) is 10.6. The summed E-state index contributed by atoms with van der Waals surface area (Å²) in [6.07, 6.45) is -7.22. The molecule has 0 bridgehead atoms. The number of aromatic amines is 2. The fourth-order valence-electron chi connectivity index (χ4n) is 3.43. The molecule has 0 aliphatic heterocycles. The van der Waals surface area contributed by atoms with Crippen LogP contribution in [0, 0.1) is 0 Å². The van der Waals surface area contributed by atoms with Gasteiger partial charge in [0, 0.05) is 30.1 Å². The second-order valence-corrected chi connectivity index (χ2v) is 7.74. The summed E-state index contributed by atoms with van der Waals surface area (Å²) in [5.41, 5.74) is -0.811. The molecule has 3 heterocycles. The molecule has 8 nitrogen and oxygen atoms in total. The molecule has 0 unspecified atom stereocenters. The highest BCUT2D eigenvalue weighted by Gasteiger charge is 2.34. The standard InChI is InChI=1S/C23H14F6N6O2/c24-22(25,26)14-3-1-11(7-18(14)36)32-21-33-15-4-2-12(8-16(15)34-21)37-13-5-6-30-17(9-13)20-31-10-19(35-20)23(27,28)29/h1-10,36H,(H,31,35)(H2,32,33,34). The zero-order chi connectivity index (χ0) is 26.4. The van der Waals surface area contributed by atoms with Crippen LogP contribution in [0.1, 0.15) is 11.3 Å². The second-order valence-electron chi connectivity index (χ2n) is 7.74. The fourth-order valence-corrected chi connectivity index (χ4v) is 3.43. The zero-order valence-electron chi connectivity index (χ0n) is 18.2. The van der Waals surface area contributed by atoms with Crippen molar-refractivity contribution in [2.75, 3.05) is 5.32 Å². The number of nitrogens with zero attached hydrogens (tertiary/aromatic N) is 3. The minimum Gasteiger partial charge on any atom is -0.507 e. The first-order valence-corrected chi connectivity index (χ1v) is 10.4. The molecule has 0 fully saturated rings. The maximum absolute atomic E-state index is 12.8. The number of benzene rings is 2. The van der Waals surface area contributed by atoms with Crippen LogP contribution in [0.25, 0.3) is 22.6 Å². The molecule has 14 heteroatoms. The van der Waals surface area contributed by atoms with Gasteiger partial charge in [0.15, 0.2) is 5.82 Å². The Morgan fingerprint density at radius 1 is 0.838 bits per heavy atom. The van der Waals surface area contributed by atoms with E-state index in [0.717, 1.165) is 18.2 Å². The predicted octanol–water partition coefficient (Wildman–Crippen LogP) is 6.63. The van der Waals surface area contributed by atoms with Gasteiger partial charge in [-0.05, 0) is 30.3 Å². The maximum Gasteiger partial charge on any atom is 0.432 e. The third-order valence-corrected chi connectivity index (χ3v) is 5.11. The molecule has 0 aliphatic rings. The Hall–Kier alpha value is -4.75. The molecular formula is C23H14F6N6O2. The van der Waals surface area contributed by atoms with Crippen molar-refractivity contribution in [2.24, 2.45) is 0 Å². The summed E-state index contributed by atoms with van der Waals surface area (Å²) < 4.78 is 82.8. The fraction of sp³-hybridized carbons (Fsp3) is 0.0870. The van der Waals surface area contributed by atoms with E-state index >= 15 is 0 Å². The van der Waals surface area contributed by atoms with Crippen LogP contribution in [0.15, 0.2) is 60.9 Å². The van der Waals surface area contributed by atoms with Crippen molar-refractivity contribution in [2.45, 2.75) is 12.4 Å². The van der Waals surface area contributed by atoms with E-state index in [1.807, 2.05) is 0 Å². The molecule has 190 valence electrons. The maximum atomic E-state index is 12.8. The number of anilines is 2. The Kier molecular flexibility index (Phi) is 5.65. The Morgan fingerprint density at radius 2 is 1.62 bits per heavy atom. The monoisotopic (exact) mass is 520 g/mol. The zero-order valence-corrected chi connectivity index (χ0v) is 18.2. The van der Waals surface area contributed by atoms with Crippen LogP contribution < -0.4 is 10.1 Å². The number of ether oxygens (including phenoxy) is 1. The lowest BCUT2D eigenvalue weighted by atomic mass is 10.1. The van der Waals surface area contributed by atoms with Crippen LogP contribution in [0.2, 0.25) is 0 Å². The third kappa shape index (κ3) is 5.12. The Bertz CT molecular complexity index is 1590. The van der Waals surface area contributed by atoms with E-state index in [1.54, 1.807) is 18.2 Å². The largest absolute Gasteiger partial charge is 0.507 e. The van der Waals surface area contributed by atoms with Crippen LogP contribution in [0.3, 0.4) is 0 Å². The summed E-state index contributed by atoms with van der Waals surface area (Å²) in [5, 5.41) is 12.5. The summed E-state index contributed by atoms with van der Waals surface area (Å²) in [5.74, 6) is -0.150. The Morgan fingerprint density at radius 3 is 2.32 bits per heavy atom. The van der Waals surface area contributed by atoms with E-state index < -0.39 is 29.4 Å². The van der Waals surface area contributed by atoms with Crippen molar-refractivity contribution in [3.8, 4) is 28.8 Å². The molecule has 2 aromatic carbocycles. The highest BCUT2D eigenvalue weighted by atomic mass is 19.4. The van der Waals surface area contributed by atoms with Gasteiger partial charge in [0.05, 0.1) is 22.8 Å². The number of fused-ring (bicyclic) bond motifs is 1. The minimum absolute atomic E-state index is 0.0770. The highest BCUT2D eigenvalue weighted by Crippen LogP contribution is 2.37. The van der Waals surface area contributed by atoms with E-state index in [1.165, 1.54) is 18.3 Å². The average molecular weight is 520 g/mol. The van der Waals surface area contributed by atoms with Crippen molar-refractivity contribution < 1.29 is 36.2 Å². The van der Waals surface area contributed by atoms with Gasteiger partial charge in [-0.1, -0.05) is 0 Å². The molecule has 0 spiro atoms. The van der Waals surface area contributed by atoms with Crippen molar-refractivity contribution in [1.29, 1.82) is 0 Å². The highest BCUT2D eigenvalue weighted by molar-refractivity contribution is 5.80. The molecule has 0 aliphatic carbocycles. The van der Waals surface area contributed by atoms with Crippen molar-refractivity contribution in [3.63, 3.8) is 0 Å². The van der Waals surface area contributed by atoms with E-state index in [2.05, 4.69) is 30.2 Å². The van der Waals surface area contributed by atoms with Crippen molar-refractivity contribution >= 4 is 22.7 Å². The van der Waals surface area contributed by atoms with E-state index in [0.29, 0.717) is 23.0 Å². The summed E-state index contributed by atoms with van der Waals surface area (Å²) in [7, 11) is 0. The van der Waals surface area contributed by atoms with E-state index in [9.17, 15) is 31.4 Å². The number of pyridine rings is 1. The first-order chi connectivity index (χ1) is 17.5. The van der Waals surface area contributed by atoms with Gasteiger partial charge in [0.2, 0.25) is 5.95 Å². The van der Waals surface area contributed by atoms with Gasteiger partial charge in [-0.3, -0.25) is 4.98 Å². The molecule has 37 heavy (non-hydrogen) atoms. The van der Waals surface area contributed by atoms with E-state index in [4.69, 9.17) is 4.74 Å². The molecule has 4 N–H and O–H groups in total. The number of rotatable bonds is 5. The van der Waals surface area contributed by atoms with Gasteiger partial charge in [-0.15, -0.1) is 0 Å². The van der Waals surface area contributed by atoms with Crippen LogP contribution in [-0.2, 0) is 12.4 Å². The SMILES string of the molecule is Oc1cc(Nc2nc3ccc(Oc4ccnc(-c5ncc(C(F)(F)F)[nH]5)c4)cc3[nH]2)ccc1C(F)(F)F. The topological polar surface area (TPSA) is 112 Å². The summed E-state index contributed by atoms with van der Waals surface area (Å²) >= 11 is 0. The number of phenolic OH excluding ortho intramolecular Hbond substituents is 1. The molecule has 5 rings (SSSR count). The van der Waals surface area contributed by atoms with Gasteiger partial charge in [-0.2, -0.15) is 26.3 Å². The lowest BCUT2D eigenvalue weighted by molar-refractivity contribution is -0.141. The van der Waals surface area contributed by atoms with Crippen LogP contribution in [-0.4, -0.2) is 30.0 Å². The molecule has 0 atom stereocenters. The normalized spacial score (nSPS) is 12.2. The quantitative estimate of drug-likeness (QED) is 0.194. The number of alkyl halides is 6. The number of hydrogen-bond acceptors (Lipinski definition) is 6. The minimum atomic E-state index is -4.68. The first kappa shape index (κ1) is 24.0. The van der Waals surface area contributed by atoms with Gasteiger partial charge >= 0.3 is 12.4 Å². The molecule has 0 saturated carbocycles. The number of imidazole rings is 2. The van der Waals surface area contributed by atoms with Crippen molar-refractivity contribution in [1.82, 2.24) is 24.9 Å². The smallest absolute Gasteiger partial charge is 0.432 e. The molecule has 0 amide bonds. The van der Waals surface area contributed by atoms with Gasteiger partial charge in [-0.25, -0.2) is 9.97 Å². The number of aromatic hydroxyl groups is 1. The lowest BCUT2D eigenvalue weighted by Gasteiger charge is -2.10. The molecular weight excluding hydrogens is 506 g/mol. The van der Waals surface area contributed by atoms with Crippen molar-refractivity contribution in [3.05, 3.63) is 72.2 Å². The van der Waals surface area contributed by atoms with Gasteiger partial charge in [0.1, 0.15) is 28.6 Å². The predicted molar refractivity (Wildman–Crippen MR) is 119 cm³/mol. The number of hydrogen-bond donors (Lipinski definition) is 4. The average Bonchev–Trinajstić information content (AvgIpc) is 3.45. The summed E-state index contributed by atoms with van der Waals surface area (Å²) in [4.78, 5) is 17.2. The number of nitrogens with one attached hydrogen (secondary N) is 3. The lowest BCUT2D eigenvalue weighted by Crippen LogP contribution is -2.05. The first-order valence-electron chi connectivity index (χ1n) is 10.4. The van der Waals surface area contributed by atoms with Crippen LogP contribution >= 0.6 is 0 Å². The van der Waals surface area contributed by atoms with E-state index in [-0.39, 0.29) is 28.9 Å². The third-order valence-electron chi connectivity index (χ3n) is 5.11. The van der Waals surface area contributed by atoms with Gasteiger partial charge in [0.25, 0.3) is 0 Å². The second kappa shape index (κ2) is 8.72. The molecule has 5 aromatic rings. The number of halogens is 6. The van der Waals surface area contributed by atoms with Crippen LogP contribution in [0.4, 0.5) is 38.0 Å².